The molecule has 1 fully saturated rings. The molecule has 1 atom stereocenters. The van der Waals surface area contributed by atoms with E-state index in [9.17, 15) is 18.0 Å². The van der Waals surface area contributed by atoms with Crippen molar-refractivity contribution in [2.45, 2.75) is 25.9 Å². The van der Waals surface area contributed by atoms with Crippen LogP contribution in [-0.2, 0) is 21.2 Å². The number of aromatic nitrogens is 2. The second kappa shape index (κ2) is 7.95. The lowest BCUT2D eigenvalue weighted by molar-refractivity contribution is -0.122. The van der Waals surface area contributed by atoms with E-state index >= 15 is 0 Å². The number of carbonyl (C=O) groups excluding carboxylic acids is 1. The molecule has 0 spiro atoms. The van der Waals surface area contributed by atoms with Crippen molar-refractivity contribution in [2.24, 2.45) is 0 Å². The van der Waals surface area contributed by atoms with Gasteiger partial charge in [-0.05, 0) is 31.2 Å². The standard InChI is InChI=1S/C17H21ClN4O4S/c1-2-22(9-16(23)19-12-5-6-27(25,26)10-12)8-15-20-14-7-11(18)3-4-13(14)17(24)21-15/h3-4,7,12H,2,5-6,8-10H2,1H3,(H,19,23)(H,20,21,24)/t12-/m0/s1. The summed E-state index contributed by atoms with van der Waals surface area (Å²) in [6.45, 7) is 2.83. The maximum Gasteiger partial charge on any atom is 0.258 e. The smallest absolute Gasteiger partial charge is 0.258 e. The Labute approximate surface area is 161 Å². The summed E-state index contributed by atoms with van der Waals surface area (Å²) in [6.07, 6.45) is 0.445. The van der Waals surface area contributed by atoms with Crippen molar-refractivity contribution in [3.05, 3.63) is 39.4 Å². The molecule has 0 saturated carbocycles. The Morgan fingerprint density at radius 2 is 2.22 bits per heavy atom. The molecule has 1 aliphatic rings. The fourth-order valence-electron chi connectivity index (χ4n) is 3.11. The van der Waals surface area contributed by atoms with E-state index in [1.807, 2.05) is 11.8 Å². The van der Waals surface area contributed by atoms with Crippen LogP contribution >= 0.6 is 11.6 Å². The van der Waals surface area contributed by atoms with Gasteiger partial charge in [0.05, 0.1) is 35.5 Å². The molecule has 1 saturated heterocycles. The van der Waals surface area contributed by atoms with Crippen molar-refractivity contribution in [1.82, 2.24) is 20.2 Å². The van der Waals surface area contributed by atoms with E-state index in [4.69, 9.17) is 11.6 Å². The number of aromatic amines is 1. The van der Waals surface area contributed by atoms with E-state index in [-0.39, 0.29) is 42.1 Å². The van der Waals surface area contributed by atoms with Crippen LogP contribution in [-0.4, -0.2) is 59.8 Å². The van der Waals surface area contributed by atoms with Crippen LogP contribution in [0.3, 0.4) is 0 Å². The number of carbonyl (C=O) groups is 1. The Morgan fingerprint density at radius 3 is 2.89 bits per heavy atom. The topological polar surface area (TPSA) is 112 Å². The molecule has 2 aromatic rings. The van der Waals surface area contributed by atoms with Crippen molar-refractivity contribution >= 4 is 38.2 Å². The van der Waals surface area contributed by atoms with Gasteiger partial charge in [-0.25, -0.2) is 13.4 Å². The maximum atomic E-state index is 12.2. The molecule has 1 aliphatic heterocycles. The number of sulfone groups is 1. The van der Waals surface area contributed by atoms with Gasteiger partial charge in [-0.15, -0.1) is 0 Å². The molecule has 2 N–H and O–H groups in total. The van der Waals surface area contributed by atoms with Gasteiger partial charge in [-0.2, -0.15) is 0 Å². The number of fused-ring (bicyclic) bond motifs is 1. The highest BCUT2D eigenvalue weighted by atomic mass is 35.5. The Kier molecular flexibility index (Phi) is 5.83. The van der Waals surface area contributed by atoms with Gasteiger partial charge in [0, 0.05) is 11.1 Å². The minimum atomic E-state index is -3.04. The average Bonchev–Trinajstić information content (AvgIpc) is 2.92. The monoisotopic (exact) mass is 412 g/mol. The molecular weight excluding hydrogens is 392 g/mol. The summed E-state index contributed by atoms with van der Waals surface area (Å²) in [5.41, 5.74) is 0.237. The predicted octanol–water partition coefficient (Wildman–Crippen LogP) is 0.702. The Balaban J connectivity index is 1.67. The van der Waals surface area contributed by atoms with Crippen LogP contribution in [0.5, 0.6) is 0 Å². The molecule has 10 heteroatoms. The van der Waals surface area contributed by atoms with Crippen LogP contribution < -0.4 is 10.9 Å². The first-order chi connectivity index (χ1) is 12.8. The molecule has 8 nitrogen and oxygen atoms in total. The summed E-state index contributed by atoms with van der Waals surface area (Å²) >= 11 is 5.97. The number of halogens is 1. The van der Waals surface area contributed by atoms with Gasteiger partial charge in [0.15, 0.2) is 9.84 Å². The number of nitrogens with one attached hydrogen (secondary N) is 2. The highest BCUT2D eigenvalue weighted by molar-refractivity contribution is 7.91. The normalized spacial score (nSPS) is 18.9. The van der Waals surface area contributed by atoms with E-state index in [0.29, 0.717) is 34.7 Å². The zero-order chi connectivity index (χ0) is 19.6. The van der Waals surface area contributed by atoms with Crippen LogP contribution in [0, 0.1) is 0 Å². The fraction of sp³-hybridized carbons (Fsp3) is 0.471. The van der Waals surface area contributed by atoms with Crippen LogP contribution in [0.25, 0.3) is 10.9 Å². The zero-order valence-corrected chi connectivity index (χ0v) is 16.4. The van der Waals surface area contributed by atoms with E-state index in [2.05, 4.69) is 15.3 Å². The molecule has 0 unspecified atom stereocenters. The molecule has 2 heterocycles. The second-order valence-electron chi connectivity index (χ2n) is 6.64. The van der Waals surface area contributed by atoms with E-state index in [1.165, 1.54) is 0 Å². The number of rotatable bonds is 6. The van der Waals surface area contributed by atoms with Crippen molar-refractivity contribution in [3.63, 3.8) is 0 Å². The molecule has 1 aromatic carbocycles. The van der Waals surface area contributed by atoms with Gasteiger partial charge in [-0.3, -0.25) is 14.5 Å². The fourth-order valence-corrected chi connectivity index (χ4v) is 4.95. The maximum absolute atomic E-state index is 12.2. The molecule has 146 valence electrons. The lowest BCUT2D eigenvalue weighted by Crippen LogP contribution is -2.42. The van der Waals surface area contributed by atoms with Crippen molar-refractivity contribution in [3.8, 4) is 0 Å². The number of hydrogen-bond acceptors (Lipinski definition) is 6. The van der Waals surface area contributed by atoms with Gasteiger partial charge >= 0.3 is 0 Å². The molecule has 1 aromatic heterocycles. The molecule has 27 heavy (non-hydrogen) atoms. The third-order valence-electron chi connectivity index (χ3n) is 4.50. The number of amides is 1. The summed E-state index contributed by atoms with van der Waals surface area (Å²) in [6, 6.07) is 4.54. The molecule has 3 rings (SSSR count). The average molecular weight is 413 g/mol. The van der Waals surface area contributed by atoms with Gasteiger partial charge < -0.3 is 10.3 Å². The predicted molar refractivity (Wildman–Crippen MR) is 104 cm³/mol. The first-order valence-corrected chi connectivity index (χ1v) is 10.9. The first kappa shape index (κ1) is 19.8. The summed E-state index contributed by atoms with van der Waals surface area (Å²) in [4.78, 5) is 33.4. The van der Waals surface area contributed by atoms with Crippen LogP contribution in [0.4, 0.5) is 0 Å². The minimum absolute atomic E-state index is 0.00876. The minimum Gasteiger partial charge on any atom is -0.351 e. The molecule has 0 bridgehead atoms. The van der Waals surface area contributed by atoms with E-state index < -0.39 is 9.84 Å². The van der Waals surface area contributed by atoms with E-state index in [0.717, 1.165) is 0 Å². The summed E-state index contributed by atoms with van der Waals surface area (Å²) < 4.78 is 23.0. The molecule has 0 aliphatic carbocycles. The highest BCUT2D eigenvalue weighted by Gasteiger charge is 2.29. The summed E-state index contributed by atoms with van der Waals surface area (Å²) in [5.74, 6) is 0.295. The number of benzene rings is 1. The highest BCUT2D eigenvalue weighted by Crippen LogP contribution is 2.15. The Bertz CT molecular complexity index is 1020. The van der Waals surface area contributed by atoms with Gasteiger partial charge in [0.25, 0.3) is 5.56 Å². The van der Waals surface area contributed by atoms with Crippen molar-refractivity contribution < 1.29 is 13.2 Å². The van der Waals surface area contributed by atoms with Gasteiger partial charge in [0.1, 0.15) is 5.82 Å². The first-order valence-electron chi connectivity index (χ1n) is 8.66. The third kappa shape index (κ3) is 5.06. The third-order valence-corrected chi connectivity index (χ3v) is 6.51. The quantitative estimate of drug-likeness (QED) is 0.722. The van der Waals surface area contributed by atoms with Crippen molar-refractivity contribution in [2.75, 3.05) is 24.6 Å². The number of likely N-dealkylation sites (N-methyl/N-ethyl adjacent to an activating group) is 1. The molecular formula is C17H21ClN4O4S. The lowest BCUT2D eigenvalue weighted by Gasteiger charge is -2.20. The van der Waals surface area contributed by atoms with Crippen LogP contribution in [0.2, 0.25) is 5.02 Å². The largest absolute Gasteiger partial charge is 0.351 e. The number of nitrogens with zero attached hydrogens (tertiary/aromatic N) is 2. The summed E-state index contributed by atoms with van der Waals surface area (Å²) in [5, 5.41) is 3.70. The van der Waals surface area contributed by atoms with Gasteiger partial charge in [0.2, 0.25) is 5.91 Å². The SMILES string of the molecule is CCN(CC(=O)N[C@H]1CCS(=O)(=O)C1)Cc1nc2cc(Cl)ccc2c(=O)[nH]1. The number of H-pyrrole nitrogens is 1. The van der Waals surface area contributed by atoms with Crippen molar-refractivity contribution in [1.29, 1.82) is 0 Å². The lowest BCUT2D eigenvalue weighted by atomic mass is 10.2. The summed E-state index contributed by atoms with van der Waals surface area (Å²) in [7, 11) is -3.04. The number of hydrogen-bond donors (Lipinski definition) is 2. The van der Waals surface area contributed by atoms with Crippen LogP contribution in [0.15, 0.2) is 23.0 Å². The van der Waals surface area contributed by atoms with Gasteiger partial charge in [-0.1, -0.05) is 18.5 Å². The molecule has 0 radical (unpaired) electrons. The zero-order valence-electron chi connectivity index (χ0n) is 14.9. The Hall–Kier alpha value is -1.97. The van der Waals surface area contributed by atoms with Crippen LogP contribution in [0.1, 0.15) is 19.2 Å². The van der Waals surface area contributed by atoms with E-state index in [1.54, 1.807) is 18.2 Å². The molecule has 1 amide bonds. The Morgan fingerprint density at radius 1 is 1.44 bits per heavy atom. The second-order valence-corrected chi connectivity index (χ2v) is 9.31.